The minimum atomic E-state index is -1.05. The van der Waals surface area contributed by atoms with Gasteiger partial charge in [-0.1, -0.05) is 93.6 Å². The molecule has 0 spiro atoms. The van der Waals surface area contributed by atoms with E-state index in [2.05, 4.69) is 52.3 Å². The topological polar surface area (TPSA) is 382 Å². The Kier molecular flexibility index (Phi) is 35.2. The van der Waals surface area contributed by atoms with Crippen molar-refractivity contribution in [3.63, 3.8) is 0 Å². The average molecular weight is 1690 g/mol. The molecule has 0 fully saturated rings. The second-order valence-electron chi connectivity index (χ2n) is 27.5. The number of nitrogens with two attached hydrogens (primary N) is 3. The molecule has 0 aliphatic heterocycles. The third-order valence-corrected chi connectivity index (χ3v) is 19.6. The highest BCUT2D eigenvalue weighted by Gasteiger charge is 2.22. The molecule has 12 aromatic rings. The lowest BCUT2D eigenvalue weighted by Crippen LogP contribution is -2.27. The maximum atomic E-state index is 12.9. The van der Waals surface area contributed by atoms with E-state index in [1.54, 1.807) is 145 Å². The molecule has 29 heteroatoms. The zero-order valence-electron chi connectivity index (χ0n) is 67.6. The third-order valence-electron chi connectivity index (χ3n) is 15.9. The molecule has 8 aromatic carbocycles. The van der Waals surface area contributed by atoms with E-state index in [0.717, 1.165) is 41.8 Å². The molecule has 25 nitrogen and oxygen atoms in total. The lowest BCUT2D eigenvalue weighted by Gasteiger charge is -2.21. The van der Waals surface area contributed by atoms with Crippen molar-refractivity contribution < 1.29 is 77.0 Å². The Morgan fingerprint density at radius 3 is 1.00 bits per heavy atom. The maximum absolute atomic E-state index is 12.9. The average Bonchev–Trinajstić information content (AvgIpc) is 1.85. The number of aromatic carboxylic acids is 1. The summed E-state index contributed by atoms with van der Waals surface area (Å²) < 4.78 is 25.3. The summed E-state index contributed by atoms with van der Waals surface area (Å²) in [6.45, 7) is 24.7. The lowest BCUT2D eigenvalue weighted by atomic mass is 10.1. The molecule has 0 aliphatic rings. The molecule has 620 valence electrons. The summed E-state index contributed by atoms with van der Waals surface area (Å²) in [6, 6.07) is 62.5. The second kappa shape index (κ2) is 45.2. The lowest BCUT2D eigenvalue weighted by molar-refractivity contribution is -0.132. The third kappa shape index (κ3) is 31.6. The van der Waals surface area contributed by atoms with E-state index in [4.69, 9.17) is 46.0 Å². The molecule has 4 heterocycles. The molecule has 4 aromatic heterocycles. The van der Waals surface area contributed by atoms with E-state index in [1.165, 1.54) is 88.9 Å². The van der Waals surface area contributed by atoms with Crippen LogP contribution in [0.4, 0.5) is 55.1 Å². The van der Waals surface area contributed by atoms with Gasteiger partial charge in [0.05, 0.1) is 51.1 Å². The van der Waals surface area contributed by atoms with E-state index in [0.29, 0.717) is 67.9 Å². The van der Waals surface area contributed by atoms with Crippen molar-refractivity contribution in [3.05, 3.63) is 262 Å². The van der Waals surface area contributed by atoms with Crippen molar-refractivity contribution in [3.8, 4) is 64.8 Å². The second-order valence-corrected chi connectivity index (χ2v) is 31.3. The number of hydrogen-bond acceptors (Lipinski definition) is 23. The number of ether oxygens (including phenoxy) is 5. The van der Waals surface area contributed by atoms with Crippen LogP contribution < -0.4 is 58.0 Å². The molecule has 0 unspecified atom stereocenters. The van der Waals surface area contributed by atoms with E-state index >= 15 is 0 Å². The Labute approximate surface area is 706 Å². The van der Waals surface area contributed by atoms with Gasteiger partial charge in [0.25, 0.3) is 17.7 Å². The molecular weight excluding hydrogens is 1590 g/mol. The van der Waals surface area contributed by atoms with Gasteiger partial charge in [0.2, 0.25) is 0 Å². The van der Waals surface area contributed by atoms with Crippen molar-refractivity contribution in [1.82, 2.24) is 4.90 Å². The first kappa shape index (κ1) is 92.7. The number of aromatic hydroxyl groups is 1. The molecular formula is C90H95N9O16S4. The van der Waals surface area contributed by atoms with Gasteiger partial charge < -0.3 is 71.9 Å². The number of phenolic OH excluding ortho intramolecular Hbond substituents is 1. The molecule has 13 N–H and O–H groups in total. The summed E-state index contributed by atoms with van der Waals surface area (Å²) in [6.07, 6.45) is -1.14. The zero-order chi connectivity index (χ0) is 86.9. The minimum Gasteiger partial charge on any atom is -0.508 e. The van der Waals surface area contributed by atoms with Gasteiger partial charge in [-0.3, -0.25) is 39.4 Å². The van der Waals surface area contributed by atoms with Crippen molar-refractivity contribution in [2.75, 3.05) is 63.4 Å². The van der Waals surface area contributed by atoms with Gasteiger partial charge in [0.1, 0.15) is 34.2 Å². The number of carbonyl (C=O) groups excluding carboxylic acids is 8. The number of carboxylic acid groups (broad SMARTS) is 1. The van der Waals surface area contributed by atoms with Crippen molar-refractivity contribution in [2.24, 2.45) is 0 Å². The Bertz CT molecular complexity index is 5400. The molecule has 0 aliphatic carbocycles. The SMILES string of the molecule is CC(=O)Oc1cccc(C(=O)Nc2cc(-c3cccs3)ccc2N)c1.CC(=O)Oc1cccc(C(=O)Nc2cc(-c3cccs3)ccc2NC(=O)OC(C)(C)C)c1.CC(=O)Oc1cccc(C(=O)O)c1.CC(C)(C)OC(=O)Nc1ccc(-c2cccs2)cc1N.CCN(CC)CC.Nc1ccc(-c2cccs2)cc1NC(=O)c1cccc(O)c1. The zero-order valence-corrected chi connectivity index (χ0v) is 70.9. The number of carboxylic acids is 1. The van der Waals surface area contributed by atoms with E-state index < -0.39 is 53.2 Å². The number of thiophene rings is 4. The molecule has 0 atom stereocenters. The van der Waals surface area contributed by atoms with Gasteiger partial charge >= 0.3 is 36.1 Å². The van der Waals surface area contributed by atoms with Crippen LogP contribution in [0.3, 0.4) is 0 Å². The summed E-state index contributed by atoms with van der Waals surface area (Å²) in [5, 5.41) is 39.8. The molecule has 0 bridgehead atoms. The molecule has 12 rings (SSSR count). The fraction of sp³-hybridized carbons (Fsp3) is 0.189. The molecule has 0 radical (unpaired) electrons. The number of esters is 3. The van der Waals surface area contributed by atoms with E-state index in [1.807, 2.05) is 133 Å². The number of carbonyl (C=O) groups is 9. The number of nitrogen functional groups attached to an aromatic ring is 3. The van der Waals surface area contributed by atoms with Crippen LogP contribution >= 0.6 is 45.3 Å². The van der Waals surface area contributed by atoms with Gasteiger partial charge in [-0.05, 0) is 251 Å². The monoisotopic (exact) mass is 1690 g/mol. The fourth-order valence-corrected chi connectivity index (χ4v) is 13.4. The predicted octanol–water partition coefficient (Wildman–Crippen LogP) is 21.1. The predicted molar refractivity (Wildman–Crippen MR) is 478 cm³/mol. The fourth-order valence-electron chi connectivity index (χ4n) is 10.5. The van der Waals surface area contributed by atoms with Gasteiger partial charge in [0.15, 0.2) is 0 Å². The summed E-state index contributed by atoms with van der Waals surface area (Å²) >= 11 is 6.44. The number of hydrogen-bond donors (Lipinski definition) is 10. The highest BCUT2D eigenvalue weighted by Crippen LogP contribution is 2.36. The number of benzene rings is 8. The summed E-state index contributed by atoms with van der Waals surface area (Å²) in [7, 11) is 0. The standard InChI is InChI=1S/C24H24N2O5S.C19H16N2O3S.C17H14N2O2S.C15H18N2O2S.C9H8O4.C6H15N/c1-15(27)30-18-8-5-7-17(13-18)22(28)25-20-14-16(21-9-6-12-32-21)10-11-19(20)26-23(29)31-24(2,3)4;1-12(22)24-15-5-2-4-14(10-15)19(23)21-17-11-13(7-8-16(17)20)18-6-3-9-25-18;18-14-7-6-11(16-5-2-8-22-16)10-15(14)19-17(21)12-3-1-4-13(20)9-12;1-15(2,3)19-14(18)17-12-7-6-10(9-11(12)16)13-5-4-8-20-13;1-6(10)13-8-4-2-3-7(5-8)9(11)12;1-4-7(5-2)6-3/h5-14H,1-4H3,(H,25,28)(H,26,29);2-11H,20H2,1H3,(H,21,23);1-10,20H,18H2,(H,19,21);4-9H,16H2,1-3H3,(H,17,18);2-5H,1H3,(H,11,12);4-6H2,1-3H3. The largest absolute Gasteiger partial charge is 0.508 e. The summed E-state index contributed by atoms with van der Waals surface area (Å²) in [5.74, 6) is -2.62. The van der Waals surface area contributed by atoms with E-state index in [9.17, 15) is 48.3 Å². The van der Waals surface area contributed by atoms with Crippen LogP contribution in [0, 0.1) is 0 Å². The number of phenols is 1. The molecule has 5 amide bonds. The number of rotatable bonds is 19. The maximum Gasteiger partial charge on any atom is 0.412 e. The number of nitrogens with one attached hydrogen (secondary N) is 5. The Morgan fingerprint density at radius 1 is 0.353 bits per heavy atom. The van der Waals surface area contributed by atoms with Crippen LogP contribution in [0.15, 0.2) is 240 Å². The van der Waals surface area contributed by atoms with Gasteiger partial charge in [-0.2, -0.15) is 0 Å². The first-order chi connectivity index (χ1) is 56.5. The number of nitrogens with zero attached hydrogens (tertiary/aromatic N) is 1. The van der Waals surface area contributed by atoms with Crippen molar-refractivity contribution in [2.45, 2.75) is 94.3 Å². The highest BCUT2D eigenvalue weighted by atomic mass is 32.1. The summed E-state index contributed by atoms with van der Waals surface area (Å²) in [4.78, 5) is 112. The van der Waals surface area contributed by atoms with Crippen LogP contribution in [-0.4, -0.2) is 99.7 Å². The quantitative estimate of drug-likeness (QED) is 0.0204. The number of amides is 5. The van der Waals surface area contributed by atoms with Crippen LogP contribution in [0.2, 0.25) is 0 Å². The van der Waals surface area contributed by atoms with Crippen molar-refractivity contribution >= 4 is 145 Å². The minimum absolute atomic E-state index is 0.0490. The van der Waals surface area contributed by atoms with Crippen molar-refractivity contribution in [1.29, 1.82) is 0 Å². The van der Waals surface area contributed by atoms with Crippen LogP contribution in [0.1, 0.15) is 125 Å². The Morgan fingerprint density at radius 2 is 0.672 bits per heavy atom. The van der Waals surface area contributed by atoms with Gasteiger partial charge in [-0.25, -0.2) is 14.4 Å². The number of anilines is 8. The smallest absolute Gasteiger partial charge is 0.412 e. The van der Waals surface area contributed by atoms with Gasteiger partial charge in [0, 0.05) is 57.0 Å². The first-order valence-electron chi connectivity index (χ1n) is 37.1. The van der Waals surface area contributed by atoms with Crippen LogP contribution in [0.5, 0.6) is 23.0 Å². The van der Waals surface area contributed by atoms with Crippen LogP contribution in [0.25, 0.3) is 41.8 Å². The Hall–Kier alpha value is -13.5. The Balaban J connectivity index is 0.000000205. The van der Waals surface area contributed by atoms with Crippen LogP contribution in [-0.2, 0) is 23.9 Å². The molecule has 0 saturated heterocycles. The molecule has 119 heavy (non-hydrogen) atoms. The normalized spacial score (nSPS) is 10.5. The van der Waals surface area contributed by atoms with E-state index in [-0.39, 0.29) is 34.6 Å². The van der Waals surface area contributed by atoms with Gasteiger partial charge in [-0.15, -0.1) is 45.3 Å². The first-order valence-corrected chi connectivity index (χ1v) is 40.6. The summed E-state index contributed by atoms with van der Waals surface area (Å²) in [5.41, 5.74) is 25.7. The molecule has 0 saturated carbocycles. The highest BCUT2D eigenvalue weighted by molar-refractivity contribution is 7.14.